The van der Waals surface area contributed by atoms with Crippen molar-refractivity contribution in [3.8, 4) is 11.5 Å². The summed E-state index contributed by atoms with van der Waals surface area (Å²) in [7, 11) is -4.03. The lowest BCUT2D eigenvalue weighted by molar-refractivity contribution is -0.116. The first kappa shape index (κ1) is 27.2. The molecule has 0 heterocycles. The van der Waals surface area contributed by atoms with Gasteiger partial charge in [0.2, 0.25) is 15.9 Å². The zero-order chi connectivity index (χ0) is 26.4. The van der Waals surface area contributed by atoms with Crippen LogP contribution < -0.4 is 10.1 Å². The summed E-state index contributed by atoms with van der Waals surface area (Å²) in [5.74, 6) is 0.775. The fourth-order valence-electron chi connectivity index (χ4n) is 3.41. The fraction of sp³-hybridized carbons (Fsp3) is 0.0741. The summed E-state index contributed by atoms with van der Waals surface area (Å²) in [6, 6.07) is 27.1. The lowest BCUT2D eigenvalue weighted by Crippen LogP contribution is -2.37. The Morgan fingerprint density at radius 2 is 1.51 bits per heavy atom. The van der Waals surface area contributed by atoms with Crippen molar-refractivity contribution in [3.05, 3.63) is 117 Å². The zero-order valence-electron chi connectivity index (χ0n) is 19.3. The number of para-hydroxylation sites is 1. The molecule has 4 aromatic rings. The molecule has 0 spiro atoms. The van der Waals surface area contributed by atoms with E-state index in [4.69, 9.17) is 27.9 Å². The van der Waals surface area contributed by atoms with Gasteiger partial charge in [-0.2, -0.15) is 4.31 Å². The van der Waals surface area contributed by atoms with Gasteiger partial charge in [-0.25, -0.2) is 8.42 Å². The van der Waals surface area contributed by atoms with E-state index in [2.05, 4.69) is 21.2 Å². The van der Waals surface area contributed by atoms with Crippen molar-refractivity contribution in [3.63, 3.8) is 0 Å². The van der Waals surface area contributed by atoms with Crippen LogP contribution in [-0.2, 0) is 21.4 Å². The zero-order valence-corrected chi connectivity index (χ0v) is 23.2. The number of nitrogens with zero attached hydrogens (tertiary/aromatic N) is 1. The lowest BCUT2D eigenvalue weighted by Gasteiger charge is -2.22. The second kappa shape index (κ2) is 12.1. The van der Waals surface area contributed by atoms with Crippen molar-refractivity contribution in [1.82, 2.24) is 4.31 Å². The molecule has 0 aliphatic carbocycles. The molecule has 10 heteroatoms. The number of benzene rings is 4. The summed E-state index contributed by atoms with van der Waals surface area (Å²) in [4.78, 5) is 13.0. The van der Waals surface area contributed by atoms with E-state index in [0.717, 1.165) is 8.78 Å². The molecule has 190 valence electrons. The SMILES string of the molecule is O=C(CN(Cc1ccc(Cl)cc1Cl)S(=O)(=O)c1ccc(Br)cc1)Nc1ccc(Oc2ccccc2)cc1. The molecule has 0 unspecified atom stereocenters. The highest BCUT2D eigenvalue weighted by atomic mass is 79.9. The van der Waals surface area contributed by atoms with Crippen LogP contribution in [0.4, 0.5) is 5.69 Å². The van der Waals surface area contributed by atoms with Gasteiger partial charge in [0, 0.05) is 26.8 Å². The number of carbonyl (C=O) groups excluding carboxylic acids is 1. The first-order chi connectivity index (χ1) is 17.7. The van der Waals surface area contributed by atoms with Crippen LogP contribution in [0.5, 0.6) is 11.5 Å². The molecule has 37 heavy (non-hydrogen) atoms. The molecule has 4 aromatic carbocycles. The summed E-state index contributed by atoms with van der Waals surface area (Å²) in [6.07, 6.45) is 0. The Bertz CT molecular complexity index is 1480. The van der Waals surface area contributed by atoms with Crippen LogP contribution in [0.15, 0.2) is 106 Å². The van der Waals surface area contributed by atoms with E-state index in [1.54, 1.807) is 48.5 Å². The van der Waals surface area contributed by atoms with Crippen LogP contribution in [0.1, 0.15) is 5.56 Å². The highest BCUT2D eigenvalue weighted by Gasteiger charge is 2.27. The van der Waals surface area contributed by atoms with Crippen LogP contribution in [0.2, 0.25) is 10.0 Å². The van der Waals surface area contributed by atoms with Crippen LogP contribution in [-0.4, -0.2) is 25.2 Å². The molecule has 0 saturated heterocycles. The molecular formula is C27H21BrCl2N2O4S. The lowest BCUT2D eigenvalue weighted by atomic mass is 10.2. The largest absolute Gasteiger partial charge is 0.457 e. The molecule has 4 rings (SSSR count). The topological polar surface area (TPSA) is 75.7 Å². The van der Waals surface area contributed by atoms with Crippen molar-refractivity contribution in [2.75, 3.05) is 11.9 Å². The minimum Gasteiger partial charge on any atom is -0.457 e. The molecule has 0 radical (unpaired) electrons. The Balaban J connectivity index is 1.52. The predicted molar refractivity (Wildman–Crippen MR) is 150 cm³/mol. The van der Waals surface area contributed by atoms with Gasteiger partial charge >= 0.3 is 0 Å². The molecule has 1 N–H and O–H groups in total. The maximum Gasteiger partial charge on any atom is 0.243 e. The number of halogens is 3. The van der Waals surface area contributed by atoms with Crippen LogP contribution >= 0.6 is 39.1 Å². The van der Waals surface area contributed by atoms with E-state index in [0.29, 0.717) is 32.8 Å². The molecule has 0 atom stereocenters. The van der Waals surface area contributed by atoms with Crippen molar-refractivity contribution >= 4 is 60.7 Å². The minimum atomic E-state index is -4.03. The molecule has 0 saturated carbocycles. The molecule has 0 aliphatic heterocycles. The maximum atomic E-state index is 13.5. The van der Waals surface area contributed by atoms with Crippen molar-refractivity contribution in [2.45, 2.75) is 11.4 Å². The fourth-order valence-corrected chi connectivity index (χ4v) is 5.52. The molecule has 1 amide bonds. The van der Waals surface area contributed by atoms with Crippen molar-refractivity contribution < 1.29 is 17.9 Å². The number of carbonyl (C=O) groups is 1. The summed E-state index contributed by atoms with van der Waals surface area (Å²) in [6.45, 7) is -0.550. The Kier molecular flexibility index (Phi) is 8.89. The van der Waals surface area contributed by atoms with E-state index >= 15 is 0 Å². The number of ether oxygens (including phenoxy) is 1. The number of hydrogen-bond acceptors (Lipinski definition) is 4. The Labute approximate surface area is 234 Å². The van der Waals surface area contributed by atoms with Gasteiger partial charge in [0.15, 0.2) is 0 Å². The molecule has 6 nitrogen and oxygen atoms in total. The first-order valence-electron chi connectivity index (χ1n) is 11.0. The second-order valence-corrected chi connectivity index (χ2v) is 11.6. The van der Waals surface area contributed by atoms with Gasteiger partial charge in [-0.1, -0.05) is 63.4 Å². The minimum absolute atomic E-state index is 0.0519. The number of amides is 1. The monoisotopic (exact) mass is 618 g/mol. The first-order valence-corrected chi connectivity index (χ1v) is 14.0. The molecular weight excluding hydrogens is 599 g/mol. The highest BCUT2D eigenvalue weighted by Crippen LogP contribution is 2.27. The maximum absolute atomic E-state index is 13.5. The summed E-state index contributed by atoms with van der Waals surface area (Å²) < 4.78 is 34.5. The van der Waals surface area contributed by atoms with Gasteiger partial charge in [-0.3, -0.25) is 4.79 Å². The van der Waals surface area contributed by atoms with Crippen molar-refractivity contribution in [2.24, 2.45) is 0 Å². The van der Waals surface area contributed by atoms with Crippen LogP contribution in [0.25, 0.3) is 0 Å². The van der Waals surface area contributed by atoms with Gasteiger partial charge in [0.05, 0.1) is 11.4 Å². The molecule has 0 bridgehead atoms. The summed E-state index contributed by atoms with van der Waals surface area (Å²) >= 11 is 15.6. The highest BCUT2D eigenvalue weighted by molar-refractivity contribution is 9.10. The van der Waals surface area contributed by atoms with Gasteiger partial charge in [-0.15, -0.1) is 0 Å². The molecule has 0 aliphatic rings. The average molecular weight is 620 g/mol. The van der Waals surface area contributed by atoms with Gasteiger partial charge < -0.3 is 10.1 Å². The second-order valence-electron chi connectivity index (χ2n) is 7.95. The normalized spacial score (nSPS) is 11.4. The standard InChI is InChI=1S/C27H21BrCl2N2O4S/c28-20-7-14-25(15-8-20)37(34,35)32(17-19-6-9-21(29)16-26(19)30)18-27(33)31-22-10-12-24(13-11-22)36-23-4-2-1-3-5-23/h1-16H,17-18H2,(H,31,33). The Morgan fingerprint density at radius 3 is 2.16 bits per heavy atom. The Morgan fingerprint density at radius 1 is 0.865 bits per heavy atom. The predicted octanol–water partition coefficient (Wildman–Crippen LogP) is 7.38. The number of anilines is 1. The van der Waals surface area contributed by atoms with Crippen LogP contribution in [0, 0.1) is 0 Å². The third-order valence-corrected chi connectivity index (χ3v) is 8.17. The third kappa shape index (κ3) is 7.34. The van der Waals surface area contributed by atoms with E-state index in [9.17, 15) is 13.2 Å². The number of sulfonamides is 1. The van der Waals surface area contributed by atoms with E-state index < -0.39 is 22.5 Å². The third-order valence-electron chi connectivity index (χ3n) is 5.25. The molecule has 0 fully saturated rings. The van der Waals surface area contributed by atoms with E-state index in [1.807, 2.05) is 30.3 Å². The van der Waals surface area contributed by atoms with Crippen molar-refractivity contribution in [1.29, 1.82) is 0 Å². The summed E-state index contributed by atoms with van der Waals surface area (Å²) in [5, 5.41) is 3.47. The average Bonchev–Trinajstić information content (AvgIpc) is 2.87. The van der Waals surface area contributed by atoms with Gasteiger partial charge in [0.25, 0.3) is 0 Å². The van der Waals surface area contributed by atoms with E-state index in [1.165, 1.54) is 18.2 Å². The number of hydrogen-bond donors (Lipinski definition) is 1. The Hall–Kier alpha value is -2.88. The quantitative estimate of drug-likeness (QED) is 0.212. The smallest absolute Gasteiger partial charge is 0.243 e. The van der Waals surface area contributed by atoms with Gasteiger partial charge in [-0.05, 0) is 78.4 Å². The summed E-state index contributed by atoms with van der Waals surface area (Å²) in [5.41, 5.74) is 1.01. The number of rotatable bonds is 9. The number of nitrogens with one attached hydrogen (secondary N) is 1. The van der Waals surface area contributed by atoms with Crippen LogP contribution in [0.3, 0.4) is 0 Å². The van der Waals surface area contributed by atoms with Gasteiger partial charge in [0.1, 0.15) is 11.5 Å². The van der Waals surface area contributed by atoms with E-state index in [-0.39, 0.29) is 11.4 Å². The molecule has 0 aromatic heterocycles.